The molecular weight excluding hydrogens is 222 g/mol. The number of nitrogens with zero attached hydrogens (tertiary/aromatic N) is 4. The van der Waals surface area contributed by atoms with Crippen LogP contribution in [-0.2, 0) is 11.8 Å². The van der Waals surface area contributed by atoms with Gasteiger partial charge in [-0.3, -0.25) is 9.48 Å². The second-order valence-electron chi connectivity index (χ2n) is 3.85. The molecule has 1 aromatic heterocycles. The molecule has 1 atom stereocenters. The Hall–Kier alpha value is -2.07. The van der Waals surface area contributed by atoms with E-state index in [1.54, 1.807) is 13.2 Å². The van der Waals surface area contributed by atoms with Crippen LogP contribution < -0.4 is 5.73 Å². The van der Waals surface area contributed by atoms with Crippen molar-refractivity contribution >= 4 is 11.6 Å². The molecule has 2 heterocycles. The van der Waals surface area contributed by atoms with E-state index in [1.807, 2.05) is 6.07 Å². The lowest BCUT2D eigenvalue weighted by atomic mass is 10.2. The summed E-state index contributed by atoms with van der Waals surface area (Å²) in [6.07, 6.45) is 1.01. The van der Waals surface area contributed by atoms with E-state index in [9.17, 15) is 4.79 Å². The van der Waals surface area contributed by atoms with Gasteiger partial charge in [-0.2, -0.15) is 10.4 Å². The molecule has 0 saturated carbocycles. The maximum Gasteiger partial charge on any atom is 0.276 e. The summed E-state index contributed by atoms with van der Waals surface area (Å²) in [5, 5.41) is 12.8. The topological polar surface area (TPSA) is 97.2 Å². The third-order valence-electron chi connectivity index (χ3n) is 2.56. The van der Waals surface area contributed by atoms with Gasteiger partial charge in [0.25, 0.3) is 5.91 Å². The van der Waals surface area contributed by atoms with Crippen molar-refractivity contribution in [1.29, 1.82) is 5.26 Å². The quantitative estimate of drug-likeness (QED) is 0.698. The lowest BCUT2D eigenvalue weighted by Crippen LogP contribution is -2.45. The number of carbonyl (C=O) groups excluding carboxylic acids is 1. The van der Waals surface area contributed by atoms with Crippen molar-refractivity contribution in [1.82, 2.24) is 14.7 Å². The molecule has 7 nitrogen and oxygen atoms in total. The number of aromatic nitrogens is 2. The zero-order chi connectivity index (χ0) is 12.4. The maximum atomic E-state index is 12.1. The first-order valence-electron chi connectivity index (χ1n) is 5.21. The first-order chi connectivity index (χ1) is 8.11. The van der Waals surface area contributed by atoms with Crippen molar-refractivity contribution in [3.8, 4) is 6.07 Å². The number of hydrogen-bond acceptors (Lipinski definition) is 5. The van der Waals surface area contributed by atoms with Crippen LogP contribution in [0.15, 0.2) is 6.20 Å². The van der Waals surface area contributed by atoms with Crippen LogP contribution in [0.2, 0.25) is 0 Å². The number of hydrogen-bond donors (Lipinski definition) is 1. The van der Waals surface area contributed by atoms with E-state index in [-0.39, 0.29) is 18.1 Å². The number of anilines is 1. The minimum atomic E-state index is -0.572. The normalized spacial score (nSPS) is 20.0. The number of morpholine rings is 1. The van der Waals surface area contributed by atoms with Crippen molar-refractivity contribution in [3.05, 3.63) is 11.9 Å². The predicted molar refractivity (Wildman–Crippen MR) is 58.9 cm³/mol. The Morgan fingerprint density at radius 2 is 2.53 bits per heavy atom. The largest absolute Gasteiger partial charge is 0.396 e. The van der Waals surface area contributed by atoms with Gasteiger partial charge in [0.1, 0.15) is 0 Å². The van der Waals surface area contributed by atoms with Crippen LogP contribution in [0, 0.1) is 11.3 Å². The lowest BCUT2D eigenvalue weighted by molar-refractivity contribution is 0.00321. The van der Waals surface area contributed by atoms with E-state index >= 15 is 0 Å². The molecule has 1 unspecified atom stereocenters. The SMILES string of the molecule is Cn1cc(N)c(C(=O)N2CCOC(C#N)C2)n1. The van der Waals surface area contributed by atoms with Gasteiger partial charge >= 0.3 is 0 Å². The number of ether oxygens (including phenoxy) is 1. The average molecular weight is 235 g/mol. The number of rotatable bonds is 1. The number of aryl methyl sites for hydroxylation is 1. The number of nitrogens with two attached hydrogens (primary N) is 1. The van der Waals surface area contributed by atoms with E-state index in [2.05, 4.69) is 5.10 Å². The monoisotopic (exact) mass is 235 g/mol. The van der Waals surface area contributed by atoms with Gasteiger partial charge in [-0.05, 0) is 0 Å². The van der Waals surface area contributed by atoms with E-state index in [4.69, 9.17) is 15.7 Å². The molecule has 90 valence electrons. The molecule has 0 aliphatic carbocycles. The average Bonchev–Trinajstić information content (AvgIpc) is 2.67. The molecule has 0 radical (unpaired) electrons. The standard InChI is InChI=1S/C10H13N5O2/c1-14-6-8(12)9(13-14)10(16)15-2-3-17-7(4-11)5-15/h6-7H,2-3,5,12H2,1H3. The van der Waals surface area contributed by atoms with Crippen LogP contribution in [0.4, 0.5) is 5.69 Å². The van der Waals surface area contributed by atoms with E-state index < -0.39 is 6.10 Å². The summed E-state index contributed by atoms with van der Waals surface area (Å²) in [5.74, 6) is -0.258. The summed E-state index contributed by atoms with van der Waals surface area (Å²) in [6.45, 7) is 1.06. The highest BCUT2D eigenvalue weighted by Gasteiger charge is 2.27. The van der Waals surface area contributed by atoms with E-state index in [1.165, 1.54) is 9.58 Å². The first-order valence-corrected chi connectivity index (χ1v) is 5.21. The van der Waals surface area contributed by atoms with Gasteiger partial charge in [-0.15, -0.1) is 0 Å². The van der Waals surface area contributed by atoms with Gasteiger partial charge in [0.15, 0.2) is 11.8 Å². The Balaban J connectivity index is 2.15. The van der Waals surface area contributed by atoms with Crippen molar-refractivity contribution < 1.29 is 9.53 Å². The number of nitrogen functional groups attached to an aromatic ring is 1. The van der Waals surface area contributed by atoms with Crippen LogP contribution >= 0.6 is 0 Å². The van der Waals surface area contributed by atoms with Crippen LogP contribution in [0.25, 0.3) is 0 Å². The van der Waals surface area contributed by atoms with Crippen LogP contribution in [0.3, 0.4) is 0 Å². The van der Waals surface area contributed by atoms with Crippen molar-refractivity contribution in [2.45, 2.75) is 6.10 Å². The van der Waals surface area contributed by atoms with Gasteiger partial charge in [-0.1, -0.05) is 0 Å². The Bertz CT molecular complexity index is 476. The van der Waals surface area contributed by atoms with Gasteiger partial charge in [-0.25, -0.2) is 0 Å². The summed E-state index contributed by atoms with van der Waals surface area (Å²) in [6, 6.07) is 1.99. The zero-order valence-electron chi connectivity index (χ0n) is 9.46. The molecule has 0 spiro atoms. The molecule has 2 rings (SSSR count). The summed E-state index contributed by atoms with van der Waals surface area (Å²) in [4.78, 5) is 13.6. The molecule has 1 aliphatic heterocycles. The molecule has 1 saturated heterocycles. The highest BCUT2D eigenvalue weighted by molar-refractivity contribution is 5.97. The highest BCUT2D eigenvalue weighted by atomic mass is 16.5. The van der Waals surface area contributed by atoms with Crippen molar-refractivity contribution in [2.24, 2.45) is 7.05 Å². The van der Waals surface area contributed by atoms with Crippen LogP contribution in [0.5, 0.6) is 0 Å². The number of nitriles is 1. The molecule has 1 aliphatic rings. The summed E-state index contributed by atoms with van der Waals surface area (Å²) >= 11 is 0. The Morgan fingerprint density at radius 1 is 1.76 bits per heavy atom. The zero-order valence-corrected chi connectivity index (χ0v) is 9.46. The molecule has 2 N–H and O–H groups in total. The Kier molecular flexibility index (Phi) is 2.97. The third-order valence-corrected chi connectivity index (χ3v) is 2.56. The Labute approximate surface area is 98.4 Å². The highest BCUT2D eigenvalue weighted by Crippen LogP contribution is 2.14. The van der Waals surface area contributed by atoms with Crippen LogP contribution in [0.1, 0.15) is 10.5 Å². The van der Waals surface area contributed by atoms with Gasteiger partial charge in [0, 0.05) is 19.8 Å². The minimum absolute atomic E-state index is 0.228. The Morgan fingerprint density at radius 3 is 3.12 bits per heavy atom. The molecule has 1 fully saturated rings. The van der Waals surface area contributed by atoms with Gasteiger partial charge < -0.3 is 15.4 Å². The fourth-order valence-electron chi connectivity index (χ4n) is 1.73. The summed E-state index contributed by atoms with van der Waals surface area (Å²) in [7, 11) is 1.70. The van der Waals surface area contributed by atoms with E-state index in [0.29, 0.717) is 18.8 Å². The second kappa shape index (κ2) is 4.43. The fraction of sp³-hybridized carbons (Fsp3) is 0.500. The third kappa shape index (κ3) is 2.21. The summed E-state index contributed by atoms with van der Waals surface area (Å²) < 4.78 is 6.66. The molecule has 17 heavy (non-hydrogen) atoms. The first kappa shape index (κ1) is 11.4. The molecule has 0 aromatic carbocycles. The minimum Gasteiger partial charge on any atom is -0.396 e. The van der Waals surface area contributed by atoms with Gasteiger partial charge in [0.05, 0.1) is 24.9 Å². The maximum absolute atomic E-state index is 12.1. The van der Waals surface area contributed by atoms with Crippen molar-refractivity contribution in [3.63, 3.8) is 0 Å². The molecular formula is C10H13N5O2. The summed E-state index contributed by atoms with van der Waals surface area (Å²) in [5.41, 5.74) is 6.26. The fourth-order valence-corrected chi connectivity index (χ4v) is 1.73. The molecule has 1 aromatic rings. The molecule has 1 amide bonds. The van der Waals surface area contributed by atoms with Gasteiger partial charge in [0.2, 0.25) is 0 Å². The van der Waals surface area contributed by atoms with Crippen molar-refractivity contribution in [2.75, 3.05) is 25.4 Å². The smallest absolute Gasteiger partial charge is 0.276 e. The molecule has 0 bridgehead atoms. The molecule has 7 heteroatoms. The second-order valence-corrected chi connectivity index (χ2v) is 3.85. The van der Waals surface area contributed by atoms with E-state index in [0.717, 1.165) is 0 Å². The number of carbonyl (C=O) groups is 1. The number of amides is 1. The van der Waals surface area contributed by atoms with Crippen LogP contribution in [-0.4, -0.2) is 46.4 Å². The predicted octanol–water partition coefficient (Wildman–Crippen LogP) is -0.633. The lowest BCUT2D eigenvalue weighted by Gasteiger charge is -2.29.